The smallest absolute Gasteiger partial charge is 0.145 e. The van der Waals surface area contributed by atoms with Crippen molar-refractivity contribution in [2.24, 2.45) is 5.16 Å². The summed E-state index contributed by atoms with van der Waals surface area (Å²) in [6, 6.07) is 6.26. The van der Waals surface area contributed by atoms with Gasteiger partial charge in [-0.15, -0.1) is 0 Å². The number of likely N-dealkylation sites (N-methyl/N-ethyl adjacent to an activating group) is 1. The Labute approximate surface area is 112 Å². The van der Waals surface area contributed by atoms with Crippen LogP contribution in [0.2, 0.25) is 0 Å². The van der Waals surface area contributed by atoms with Crippen molar-refractivity contribution in [3.63, 3.8) is 0 Å². The SMILES string of the molecule is CC(O)CN(C)CC1CC(c2ccc(F)cc2)=NO1. The molecule has 1 N–H and O–H groups in total. The molecule has 1 heterocycles. The molecule has 4 nitrogen and oxygen atoms in total. The minimum Gasteiger partial charge on any atom is -0.392 e. The van der Waals surface area contributed by atoms with Gasteiger partial charge in [-0.1, -0.05) is 17.3 Å². The van der Waals surface area contributed by atoms with Gasteiger partial charge in [0.15, 0.2) is 0 Å². The molecule has 0 aliphatic carbocycles. The third-order valence-corrected chi connectivity index (χ3v) is 3.00. The lowest BCUT2D eigenvalue weighted by molar-refractivity contribution is 0.0469. The number of hydrogen-bond acceptors (Lipinski definition) is 4. The molecule has 2 atom stereocenters. The van der Waals surface area contributed by atoms with Crippen LogP contribution < -0.4 is 0 Å². The molecule has 0 radical (unpaired) electrons. The fourth-order valence-corrected chi connectivity index (χ4v) is 2.21. The quantitative estimate of drug-likeness (QED) is 0.881. The number of nitrogens with zero attached hydrogens (tertiary/aromatic N) is 2. The Kier molecular flexibility index (Phi) is 4.50. The first-order valence-electron chi connectivity index (χ1n) is 6.40. The number of aliphatic hydroxyl groups excluding tert-OH is 1. The summed E-state index contributed by atoms with van der Waals surface area (Å²) in [5, 5.41) is 13.4. The molecule has 0 amide bonds. The van der Waals surface area contributed by atoms with Crippen LogP contribution in [-0.2, 0) is 4.84 Å². The van der Waals surface area contributed by atoms with Crippen LogP contribution in [0.15, 0.2) is 29.4 Å². The maximum Gasteiger partial charge on any atom is 0.145 e. The molecular weight excluding hydrogens is 247 g/mol. The number of rotatable bonds is 5. The molecule has 0 saturated carbocycles. The van der Waals surface area contributed by atoms with Crippen LogP contribution in [0.3, 0.4) is 0 Å². The lowest BCUT2D eigenvalue weighted by Crippen LogP contribution is -2.34. The monoisotopic (exact) mass is 266 g/mol. The van der Waals surface area contributed by atoms with Gasteiger partial charge in [-0.2, -0.15) is 0 Å². The minimum atomic E-state index is -0.358. The third kappa shape index (κ3) is 4.01. The van der Waals surface area contributed by atoms with Crippen molar-refractivity contribution in [1.29, 1.82) is 0 Å². The average molecular weight is 266 g/mol. The van der Waals surface area contributed by atoms with Crippen LogP contribution >= 0.6 is 0 Å². The first-order chi connectivity index (χ1) is 9.04. The summed E-state index contributed by atoms with van der Waals surface area (Å²) < 4.78 is 12.8. The van der Waals surface area contributed by atoms with Gasteiger partial charge in [0.2, 0.25) is 0 Å². The lowest BCUT2D eigenvalue weighted by Gasteiger charge is -2.20. The summed E-state index contributed by atoms with van der Waals surface area (Å²) >= 11 is 0. The predicted molar refractivity (Wildman–Crippen MR) is 71.6 cm³/mol. The van der Waals surface area contributed by atoms with Gasteiger partial charge in [-0.05, 0) is 31.7 Å². The van der Waals surface area contributed by atoms with Gasteiger partial charge in [0.05, 0.1) is 11.8 Å². The molecular formula is C14H19FN2O2. The first kappa shape index (κ1) is 14.0. The average Bonchev–Trinajstić information content (AvgIpc) is 2.77. The zero-order chi connectivity index (χ0) is 13.8. The van der Waals surface area contributed by atoms with E-state index in [9.17, 15) is 9.50 Å². The summed E-state index contributed by atoms with van der Waals surface area (Å²) in [5.41, 5.74) is 1.73. The Bertz CT molecular complexity index is 445. The second kappa shape index (κ2) is 6.12. The zero-order valence-corrected chi connectivity index (χ0v) is 11.2. The lowest BCUT2D eigenvalue weighted by atomic mass is 10.0. The van der Waals surface area contributed by atoms with Gasteiger partial charge >= 0.3 is 0 Å². The minimum absolute atomic E-state index is 0.0104. The second-order valence-corrected chi connectivity index (χ2v) is 5.05. The highest BCUT2D eigenvalue weighted by Crippen LogP contribution is 2.17. The van der Waals surface area contributed by atoms with Crippen LogP contribution in [-0.4, -0.2) is 48.1 Å². The van der Waals surface area contributed by atoms with E-state index in [-0.39, 0.29) is 18.0 Å². The number of oxime groups is 1. The topological polar surface area (TPSA) is 45.1 Å². The van der Waals surface area contributed by atoms with E-state index in [4.69, 9.17) is 4.84 Å². The Hall–Kier alpha value is -1.46. The molecule has 1 aromatic rings. The summed E-state index contributed by atoms with van der Waals surface area (Å²) in [6.07, 6.45) is 0.336. The standard InChI is InChI=1S/C14H19FN2O2/c1-10(18)8-17(2)9-13-7-14(16-19-13)11-3-5-12(15)6-4-11/h3-6,10,13,18H,7-9H2,1-2H3. The summed E-state index contributed by atoms with van der Waals surface area (Å²) in [5.74, 6) is -0.253. The molecule has 0 saturated heterocycles. The van der Waals surface area contributed by atoms with Gasteiger partial charge in [0.1, 0.15) is 11.9 Å². The maximum absolute atomic E-state index is 12.8. The Morgan fingerprint density at radius 1 is 1.47 bits per heavy atom. The Morgan fingerprint density at radius 3 is 2.79 bits per heavy atom. The van der Waals surface area contributed by atoms with E-state index in [2.05, 4.69) is 5.16 Å². The molecule has 1 aliphatic rings. The summed E-state index contributed by atoms with van der Waals surface area (Å²) in [7, 11) is 1.94. The highest BCUT2D eigenvalue weighted by atomic mass is 19.1. The fraction of sp³-hybridized carbons (Fsp3) is 0.500. The molecule has 0 fully saturated rings. The van der Waals surface area contributed by atoms with E-state index in [0.717, 1.165) is 11.3 Å². The van der Waals surface area contributed by atoms with Crippen molar-refractivity contribution in [2.45, 2.75) is 25.6 Å². The van der Waals surface area contributed by atoms with Crippen molar-refractivity contribution in [3.05, 3.63) is 35.6 Å². The Morgan fingerprint density at radius 2 is 2.16 bits per heavy atom. The van der Waals surface area contributed by atoms with Gasteiger partial charge in [0, 0.05) is 19.5 Å². The van der Waals surface area contributed by atoms with Crippen LogP contribution in [0.25, 0.3) is 0 Å². The molecule has 2 unspecified atom stereocenters. The zero-order valence-electron chi connectivity index (χ0n) is 11.2. The fourth-order valence-electron chi connectivity index (χ4n) is 2.21. The van der Waals surface area contributed by atoms with Crippen LogP contribution in [0.4, 0.5) is 4.39 Å². The molecule has 0 spiro atoms. The van der Waals surface area contributed by atoms with E-state index in [0.29, 0.717) is 19.5 Å². The summed E-state index contributed by atoms with van der Waals surface area (Å²) in [4.78, 5) is 7.39. The summed E-state index contributed by atoms with van der Waals surface area (Å²) in [6.45, 7) is 3.07. The molecule has 19 heavy (non-hydrogen) atoms. The van der Waals surface area contributed by atoms with Gasteiger partial charge in [0.25, 0.3) is 0 Å². The maximum atomic E-state index is 12.8. The number of halogens is 1. The molecule has 5 heteroatoms. The van der Waals surface area contributed by atoms with Crippen LogP contribution in [0.1, 0.15) is 18.9 Å². The molecule has 2 rings (SSSR count). The van der Waals surface area contributed by atoms with E-state index >= 15 is 0 Å². The third-order valence-electron chi connectivity index (χ3n) is 3.00. The van der Waals surface area contributed by atoms with E-state index in [1.807, 2.05) is 11.9 Å². The highest BCUT2D eigenvalue weighted by molar-refractivity contribution is 6.01. The van der Waals surface area contributed by atoms with Crippen molar-refractivity contribution >= 4 is 5.71 Å². The van der Waals surface area contributed by atoms with Gasteiger partial charge in [-0.3, -0.25) is 0 Å². The van der Waals surface area contributed by atoms with Crippen molar-refractivity contribution in [3.8, 4) is 0 Å². The second-order valence-electron chi connectivity index (χ2n) is 5.05. The number of benzene rings is 1. The van der Waals surface area contributed by atoms with E-state index in [1.54, 1.807) is 19.1 Å². The van der Waals surface area contributed by atoms with Crippen molar-refractivity contribution < 1.29 is 14.3 Å². The predicted octanol–water partition coefficient (Wildman–Crippen LogP) is 1.63. The number of hydrogen-bond donors (Lipinski definition) is 1. The van der Waals surface area contributed by atoms with E-state index in [1.165, 1.54) is 12.1 Å². The molecule has 0 aromatic heterocycles. The molecule has 104 valence electrons. The van der Waals surface area contributed by atoms with Crippen molar-refractivity contribution in [2.75, 3.05) is 20.1 Å². The van der Waals surface area contributed by atoms with E-state index < -0.39 is 0 Å². The van der Waals surface area contributed by atoms with Crippen LogP contribution in [0.5, 0.6) is 0 Å². The van der Waals surface area contributed by atoms with Gasteiger partial charge < -0.3 is 14.8 Å². The number of aliphatic hydroxyl groups is 1. The first-order valence-corrected chi connectivity index (χ1v) is 6.40. The highest BCUT2D eigenvalue weighted by Gasteiger charge is 2.23. The van der Waals surface area contributed by atoms with Crippen LogP contribution in [0, 0.1) is 5.82 Å². The largest absolute Gasteiger partial charge is 0.392 e. The van der Waals surface area contributed by atoms with Gasteiger partial charge in [-0.25, -0.2) is 4.39 Å². The normalized spacial score (nSPS) is 20.3. The molecule has 1 aliphatic heterocycles. The van der Waals surface area contributed by atoms with Crippen molar-refractivity contribution in [1.82, 2.24) is 4.90 Å². The molecule has 1 aromatic carbocycles. The molecule has 0 bridgehead atoms. The Balaban J connectivity index is 1.87.